The molecule has 1 rings (SSSR count). The third-order valence-corrected chi connectivity index (χ3v) is 2.14. The van der Waals surface area contributed by atoms with Gasteiger partial charge in [0.2, 0.25) is 0 Å². The topological polar surface area (TPSA) is 63.0 Å². The Bertz CT molecular complexity index is 365. The van der Waals surface area contributed by atoms with E-state index in [1.165, 1.54) is 0 Å². The first-order valence-electron chi connectivity index (χ1n) is 5.27. The number of nitrogens with one attached hydrogen (secondary N) is 2. The largest absolute Gasteiger partial charge is 0.416 e. The van der Waals surface area contributed by atoms with Gasteiger partial charge in [-0.15, -0.1) is 0 Å². The van der Waals surface area contributed by atoms with Gasteiger partial charge in [0.05, 0.1) is 5.56 Å². The van der Waals surface area contributed by atoms with Crippen LogP contribution in [0.15, 0.2) is 12.1 Å². The number of halogens is 3. The van der Waals surface area contributed by atoms with Gasteiger partial charge >= 0.3 is 6.18 Å². The minimum Gasteiger partial charge on any atom is -0.370 e. The average Bonchev–Trinajstić information content (AvgIpc) is 2.28. The Labute approximate surface area is 97.4 Å². The Hall–Kier alpha value is -1.50. The average molecular weight is 248 g/mol. The summed E-state index contributed by atoms with van der Waals surface area (Å²) in [6.07, 6.45) is -2.59. The predicted molar refractivity (Wildman–Crippen MR) is 60.4 cm³/mol. The first kappa shape index (κ1) is 13.6. The first-order chi connectivity index (χ1) is 7.97. The van der Waals surface area contributed by atoms with Crippen LogP contribution >= 0.6 is 0 Å². The summed E-state index contributed by atoms with van der Waals surface area (Å²) >= 11 is 0. The molecule has 0 bridgehead atoms. The zero-order chi connectivity index (χ0) is 12.9. The van der Waals surface area contributed by atoms with Crippen LogP contribution in [0.1, 0.15) is 25.3 Å². The van der Waals surface area contributed by atoms with E-state index in [1.54, 1.807) is 0 Å². The maximum absolute atomic E-state index is 12.5. The van der Waals surface area contributed by atoms with Gasteiger partial charge in [0, 0.05) is 6.54 Å². The number of nitrogens with two attached hydrogens (primary N) is 1. The molecular weight excluding hydrogens is 233 g/mol. The lowest BCUT2D eigenvalue weighted by molar-refractivity contribution is -0.137. The molecule has 96 valence electrons. The fourth-order valence-corrected chi connectivity index (χ4v) is 1.25. The van der Waals surface area contributed by atoms with Crippen LogP contribution in [0.5, 0.6) is 0 Å². The van der Waals surface area contributed by atoms with Gasteiger partial charge in [-0.25, -0.2) is 10.8 Å². The molecule has 0 aliphatic rings. The summed E-state index contributed by atoms with van der Waals surface area (Å²) in [6.45, 7) is 2.57. The number of alkyl halides is 3. The van der Waals surface area contributed by atoms with Crippen molar-refractivity contribution < 1.29 is 13.2 Å². The van der Waals surface area contributed by atoms with E-state index < -0.39 is 11.7 Å². The van der Waals surface area contributed by atoms with Gasteiger partial charge < -0.3 is 10.7 Å². The summed E-state index contributed by atoms with van der Waals surface area (Å²) < 4.78 is 37.6. The molecule has 0 aliphatic heterocycles. The molecule has 1 aromatic heterocycles. The van der Waals surface area contributed by atoms with Crippen LogP contribution < -0.4 is 16.6 Å². The van der Waals surface area contributed by atoms with Crippen LogP contribution in [0.25, 0.3) is 0 Å². The van der Waals surface area contributed by atoms with E-state index in [1.807, 2.05) is 6.92 Å². The number of rotatable bonds is 5. The minimum atomic E-state index is -4.41. The zero-order valence-corrected chi connectivity index (χ0v) is 9.43. The van der Waals surface area contributed by atoms with E-state index >= 15 is 0 Å². The highest BCUT2D eigenvalue weighted by Crippen LogP contribution is 2.31. The van der Waals surface area contributed by atoms with Gasteiger partial charge in [-0.1, -0.05) is 13.3 Å². The second-order valence-electron chi connectivity index (χ2n) is 3.55. The number of unbranched alkanes of at least 4 members (excludes halogenated alkanes) is 1. The van der Waals surface area contributed by atoms with Crippen molar-refractivity contribution in [1.29, 1.82) is 0 Å². The molecule has 0 atom stereocenters. The molecule has 0 saturated carbocycles. The number of pyridine rings is 1. The van der Waals surface area contributed by atoms with Gasteiger partial charge in [-0.3, -0.25) is 0 Å². The molecule has 1 aromatic rings. The van der Waals surface area contributed by atoms with Crippen LogP contribution in [0.2, 0.25) is 0 Å². The Morgan fingerprint density at radius 1 is 1.29 bits per heavy atom. The van der Waals surface area contributed by atoms with Gasteiger partial charge in [0.15, 0.2) is 0 Å². The third kappa shape index (κ3) is 4.10. The highest BCUT2D eigenvalue weighted by atomic mass is 19.4. The molecule has 0 aliphatic carbocycles. The van der Waals surface area contributed by atoms with Crippen LogP contribution in [0.3, 0.4) is 0 Å². The van der Waals surface area contributed by atoms with Crippen molar-refractivity contribution in [2.24, 2.45) is 5.84 Å². The Balaban J connectivity index is 2.89. The number of nitrogens with zero attached hydrogens (tertiary/aromatic N) is 1. The maximum Gasteiger partial charge on any atom is 0.416 e. The van der Waals surface area contributed by atoms with Gasteiger partial charge in [-0.05, 0) is 18.6 Å². The molecule has 0 spiro atoms. The van der Waals surface area contributed by atoms with Gasteiger partial charge in [-0.2, -0.15) is 13.2 Å². The normalized spacial score (nSPS) is 11.4. The highest BCUT2D eigenvalue weighted by Gasteiger charge is 2.31. The van der Waals surface area contributed by atoms with Crippen molar-refractivity contribution in [3.63, 3.8) is 0 Å². The summed E-state index contributed by atoms with van der Waals surface area (Å²) in [4.78, 5) is 3.89. The fourth-order valence-electron chi connectivity index (χ4n) is 1.25. The summed E-state index contributed by atoms with van der Waals surface area (Å²) in [5.41, 5.74) is 1.34. The molecule has 0 amide bonds. The van der Waals surface area contributed by atoms with Crippen LogP contribution in [-0.4, -0.2) is 11.5 Å². The quantitative estimate of drug-likeness (QED) is 0.426. The van der Waals surface area contributed by atoms with E-state index in [0.29, 0.717) is 6.54 Å². The lowest BCUT2D eigenvalue weighted by Gasteiger charge is -2.12. The summed E-state index contributed by atoms with van der Waals surface area (Å²) in [6, 6.07) is 1.83. The van der Waals surface area contributed by atoms with Crippen molar-refractivity contribution in [3.05, 3.63) is 17.7 Å². The van der Waals surface area contributed by atoms with Crippen LogP contribution in [0, 0.1) is 0 Å². The predicted octanol–water partition coefficient (Wildman–Crippen LogP) is 2.60. The summed E-state index contributed by atoms with van der Waals surface area (Å²) in [5, 5.41) is 2.83. The number of aromatic nitrogens is 1. The Morgan fingerprint density at radius 3 is 2.47 bits per heavy atom. The molecule has 7 heteroatoms. The van der Waals surface area contributed by atoms with E-state index in [9.17, 15) is 13.2 Å². The SMILES string of the molecule is CCCCNc1cc(C(F)(F)F)cc(NN)n1. The third-order valence-electron chi connectivity index (χ3n) is 2.14. The monoisotopic (exact) mass is 248 g/mol. The summed E-state index contributed by atoms with van der Waals surface area (Å²) in [5.74, 6) is 5.23. The number of anilines is 2. The number of hydrogen-bond donors (Lipinski definition) is 3. The number of hydrazine groups is 1. The van der Waals surface area contributed by atoms with Crippen molar-refractivity contribution in [2.45, 2.75) is 25.9 Å². The Morgan fingerprint density at radius 2 is 1.94 bits per heavy atom. The van der Waals surface area contributed by atoms with Crippen molar-refractivity contribution >= 4 is 11.6 Å². The fraction of sp³-hybridized carbons (Fsp3) is 0.500. The lowest BCUT2D eigenvalue weighted by Crippen LogP contribution is -2.14. The summed E-state index contributed by atoms with van der Waals surface area (Å²) in [7, 11) is 0. The van der Waals surface area contributed by atoms with E-state index in [0.717, 1.165) is 25.0 Å². The molecule has 17 heavy (non-hydrogen) atoms. The van der Waals surface area contributed by atoms with Gasteiger partial charge in [0.25, 0.3) is 0 Å². The van der Waals surface area contributed by atoms with Crippen molar-refractivity contribution in [1.82, 2.24) is 4.98 Å². The molecule has 0 fully saturated rings. The molecule has 0 saturated heterocycles. The van der Waals surface area contributed by atoms with Crippen LogP contribution in [-0.2, 0) is 6.18 Å². The highest BCUT2D eigenvalue weighted by molar-refractivity contribution is 5.49. The smallest absolute Gasteiger partial charge is 0.370 e. The molecular formula is C10H15F3N4. The molecule has 4 nitrogen and oxygen atoms in total. The van der Waals surface area contributed by atoms with Crippen LogP contribution in [0.4, 0.5) is 24.8 Å². The number of hydrogen-bond acceptors (Lipinski definition) is 4. The zero-order valence-electron chi connectivity index (χ0n) is 9.43. The number of nitrogen functional groups attached to an aromatic ring is 1. The van der Waals surface area contributed by atoms with Crippen molar-refractivity contribution in [2.75, 3.05) is 17.3 Å². The first-order valence-corrected chi connectivity index (χ1v) is 5.27. The second kappa shape index (κ2) is 5.72. The minimum absolute atomic E-state index is 0.0150. The molecule has 4 N–H and O–H groups in total. The molecule has 0 radical (unpaired) electrons. The Kier molecular flexibility index (Phi) is 4.56. The van der Waals surface area contributed by atoms with E-state index in [-0.39, 0.29) is 11.6 Å². The van der Waals surface area contributed by atoms with E-state index in [4.69, 9.17) is 5.84 Å². The van der Waals surface area contributed by atoms with Gasteiger partial charge in [0.1, 0.15) is 11.6 Å². The lowest BCUT2D eigenvalue weighted by atomic mass is 10.2. The molecule has 1 heterocycles. The second-order valence-corrected chi connectivity index (χ2v) is 3.55. The van der Waals surface area contributed by atoms with E-state index in [2.05, 4.69) is 15.7 Å². The molecule has 0 aromatic carbocycles. The maximum atomic E-state index is 12.5. The molecule has 0 unspecified atom stereocenters. The standard InChI is InChI=1S/C10H15F3N4/c1-2-3-4-15-8-5-7(10(11,12)13)6-9(16-8)17-14/h5-6H,2-4,14H2,1H3,(H2,15,16,17). The van der Waals surface area contributed by atoms with Crippen molar-refractivity contribution in [3.8, 4) is 0 Å².